The first kappa shape index (κ1) is 16.6. The lowest BCUT2D eigenvalue weighted by Gasteiger charge is -2.36. The van der Waals surface area contributed by atoms with E-state index in [4.69, 9.17) is 9.79 Å². The highest BCUT2D eigenvalue weighted by atomic mass is 31.2. The van der Waals surface area contributed by atoms with E-state index in [-0.39, 0.29) is 6.16 Å². The van der Waals surface area contributed by atoms with Gasteiger partial charge in [-0.3, -0.25) is 9.36 Å². The minimum absolute atomic E-state index is 0.344. The lowest BCUT2D eigenvalue weighted by molar-refractivity contribution is -0.153. The Labute approximate surface area is 102 Å². The Morgan fingerprint density at radius 3 is 2.06 bits per heavy atom. The van der Waals surface area contributed by atoms with Crippen LogP contribution in [-0.4, -0.2) is 27.0 Å². The van der Waals surface area contributed by atoms with Crippen LogP contribution < -0.4 is 0 Å². The number of carboxylic acids is 1. The first-order chi connectivity index (χ1) is 7.73. The van der Waals surface area contributed by atoms with Gasteiger partial charge in [0, 0.05) is 0 Å². The summed E-state index contributed by atoms with van der Waals surface area (Å²) in [5.41, 5.74) is -1.01. The van der Waals surface area contributed by atoms with Gasteiger partial charge >= 0.3 is 13.6 Å². The minimum atomic E-state index is -4.17. The van der Waals surface area contributed by atoms with E-state index in [0.29, 0.717) is 25.7 Å². The van der Waals surface area contributed by atoms with Gasteiger partial charge in [-0.15, -0.1) is 0 Å². The summed E-state index contributed by atoms with van der Waals surface area (Å²) in [6, 6.07) is 0. The Balaban J connectivity index is 5.23. The van der Waals surface area contributed by atoms with Gasteiger partial charge in [0.25, 0.3) is 0 Å². The second-order valence-corrected chi connectivity index (χ2v) is 6.21. The second kappa shape index (κ2) is 6.53. The maximum absolute atomic E-state index is 11.5. The van der Waals surface area contributed by atoms with Crippen LogP contribution >= 0.6 is 7.60 Å². The molecule has 0 rings (SSSR count). The molecule has 6 heteroatoms. The van der Waals surface area contributed by atoms with Gasteiger partial charge in [0.15, 0.2) is 0 Å². The molecule has 0 aliphatic heterocycles. The highest BCUT2D eigenvalue weighted by Crippen LogP contribution is 2.47. The summed E-state index contributed by atoms with van der Waals surface area (Å²) in [4.78, 5) is 29.6. The first-order valence-corrected chi connectivity index (χ1v) is 7.81. The van der Waals surface area contributed by atoms with E-state index in [1.54, 1.807) is 13.8 Å². The average molecular weight is 266 g/mol. The molecular weight excluding hydrogens is 243 g/mol. The van der Waals surface area contributed by atoms with Crippen LogP contribution in [0.3, 0.4) is 0 Å². The summed E-state index contributed by atoms with van der Waals surface area (Å²) < 4.78 is 11.1. The molecule has 3 N–H and O–H groups in total. The van der Waals surface area contributed by atoms with E-state index in [1.807, 2.05) is 6.92 Å². The lowest BCUT2D eigenvalue weighted by Crippen LogP contribution is -2.39. The molecule has 2 atom stereocenters. The predicted molar refractivity (Wildman–Crippen MR) is 66.0 cm³/mol. The third kappa shape index (κ3) is 4.41. The number of carboxylic acid groups (broad SMARTS) is 1. The van der Waals surface area contributed by atoms with E-state index in [9.17, 15) is 14.5 Å². The molecule has 0 saturated carbocycles. The molecule has 0 heterocycles. The zero-order chi connectivity index (χ0) is 13.7. The zero-order valence-corrected chi connectivity index (χ0v) is 11.6. The average Bonchev–Trinajstić information content (AvgIpc) is 2.21. The monoisotopic (exact) mass is 266 g/mol. The van der Waals surface area contributed by atoms with Crippen molar-refractivity contribution in [3.05, 3.63) is 0 Å². The smallest absolute Gasteiger partial charge is 0.325 e. The second-order valence-electron chi connectivity index (χ2n) is 4.52. The van der Waals surface area contributed by atoms with E-state index >= 15 is 0 Å². The molecule has 0 amide bonds. The summed E-state index contributed by atoms with van der Waals surface area (Å²) in [7, 11) is -4.17. The van der Waals surface area contributed by atoms with E-state index in [1.165, 1.54) is 0 Å². The van der Waals surface area contributed by atoms with Crippen molar-refractivity contribution in [2.24, 2.45) is 11.3 Å². The normalized spacial score (nSPS) is 17.5. The maximum Gasteiger partial charge on any atom is 0.325 e. The van der Waals surface area contributed by atoms with E-state index in [2.05, 4.69) is 0 Å². The van der Waals surface area contributed by atoms with Gasteiger partial charge in [0.05, 0.1) is 11.6 Å². The molecule has 5 nitrogen and oxygen atoms in total. The van der Waals surface area contributed by atoms with Gasteiger partial charge in [-0.25, -0.2) is 0 Å². The van der Waals surface area contributed by atoms with Crippen molar-refractivity contribution in [3.8, 4) is 0 Å². The molecule has 0 radical (unpaired) electrons. The fraction of sp³-hybridized carbons (Fsp3) is 0.909. The molecule has 2 unspecified atom stereocenters. The van der Waals surface area contributed by atoms with Crippen molar-refractivity contribution in [2.75, 3.05) is 6.16 Å². The van der Waals surface area contributed by atoms with Crippen molar-refractivity contribution in [1.29, 1.82) is 0 Å². The lowest BCUT2D eigenvalue weighted by atomic mass is 9.70. The number of carbonyl (C=O) groups is 1. The summed E-state index contributed by atoms with van der Waals surface area (Å²) in [5.74, 6) is -1.42. The highest BCUT2D eigenvalue weighted by Gasteiger charge is 2.44. The summed E-state index contributed by atoms with van der Waals surface area (Å²) in [6.07, 6.45) is 1.67. The molecule has 0 fully saturated rings. The van der Waals surface area contributed by atoms with Gasteiger partial charge in [0.1, 0.15) is 0 Å². The molecule has 17 heavy (non-hydrogen) atoms. The van der Waals surface area contributed by atoms with Crippen molar-refractivity contribution in [2.45, 2.75) is 46.5 Å². The van der Waals surface area contributed by atoms with Crippen molar-refractivity contribution in [1.82, 2.24) is 0 Å². The van der Waals surface area contributed by atoms with Crippen LogP contribution in [-0.2, 0) is 9.36 Å². The minimum Gasteiger partial charge on any atom is -0.481 e. The van der Waals surface area contributed by atoms with Gasteiger partial charge in [0.2, 0.25) is 0 Å². The predicted octanol–water partition coefficient (Wildman–Crippen LogP) is 2.47. The van der Waals surface area contributed by atoms with E-state index < -0.39 is 24.9 Å². The maximum atomic E-state index is 11.5. The van der Waals surface area contributed by atoms with Crippen molar-refractivity contribution >= 4 is 13.6 Å². The quantitative estimate of drug-likeness (QED) is 0.587. The summed E-state index contributed by atoms with van der Waals surface area (Å²) in [5, 5.41) is 9.40. The fourth-order valence-electron chi connectivity index (χ4n) is 2.53. The van der Waals surface area contributed by atoms with Gasteiger partial charge in [-0.2, -0.15) is 0 Å². The largest absolute Gasteiger partial charge is 0.481 e. The van der Waals surface area contributed by atoms with Crippen LogP contribution in [0.25, 0.3) is 0 Å². The van der Waals surface area contributed by atoms with Gasteiger partial charge in [-0.1, -0.05) is 33.6 Å². The highest BCUT2D eigenvalue weighted by molar-refractivity contribution is 7.51. The molecule has 102 valence electrons. The third-order valence-corrected chi connectivity index (χ3v) is 4.40. The van der Waals surface area contributed by atoms with Crippen LogP contribution in [0.2, 0.25) is 0 Å². The summed E-state index contributed by atoms with van der Waals surface area (Å²) in [6.45, 7) is 5.44. The number of hydrogen-bond donors (Lipinski definition) is 3. The standard InChI is InChI=1S/C11H23O5P/c1-4-7-11(6-3,10(12)13)9(5-2)8-17(14,15)16/h9H,4-8H2,1-3H3,(H,12,13)(H2,14,15,16). The molecule has 0 spiro atoms. The van der Waals surface area contributed by atoms with Gasteiger partial charge < -0.3 is 14.9 Å². The number of rotatable bonds is 8. The van der Waals surface area contributed by atoms with Crippen LogP contribution in [0.15, 0.2) is 0 Å². The molecule has 0 aromatic carbocycles. The Morgan fingerprint density at radius 1 is 1.29 bits per heavy atom. The SMILES string of the molecule is CCCC(CC)(C(=O)O)C(CC)CP(=O)(O)O. The van der Waals surface area contributed by atoms with Crippen molar-refractivity contribution < 1.29 is 24.3 Å². The van der Waals surface area contributed by atoms with E-state index in [0.717, 1.165) is 0 Å². The Hall–Kier alpha value is -0.380. The van der Waals surface area contributed by atoms with Crippen LogP contribution in [0, 0.1) is 11.3 Å². The molecule has 0 aromatic rings. The van der Waals surface area contributed by atoms with Crippen molar-refractivity contribution in [3.63, 3.8) is 0 Å². The van der Waals surface area contributed by atoms with Crippen LogP contribution in [0.4, 0.5) is 0 Å². The molecular formula is C11H23O5P. The molecule has 0 aliphatic carbocycles. The molecule has 0 bridgehead atoms. The fourth-order valence-corrected chi connectivity index (χ4v) is 3.71. The molecule has 0 aromatic heterocycles. The first-order valence-electron chi connectivity index (χ1n) is 6.01. The van der Waals surface area contributed by atoms with Crippen LogP contribution in [0.1, 0.15) is 46.5 Å². The Morgan fingerprint density at radius 2 is 1.82 bits per heavy atom. The van der Waals surface area contributed by atoms with Crippen LogP contribution in [0.5, 0.6) is 0 Å². The number of hydrogen-bond acceptors (Lipinski definition) is 2. The Bertz CT molecular complexity index is 298. The zero-order valence-electron chi connectivity index (χ0n) is 10.7. The Kier molecular flexibility index (Phi) is 6.38. The molecule has 0 aliphatic rings. The third-order valence-electron chi connectivity index (χ3n) is 3.49. The number of aliphatic carboxylic acids is 1. The van der Waals surface area contributed by atoms with Gasteiger partial charge in [-0.05, 0) is 18.8 Å². The summed E-state index contributed by atoms with van der Waals surface area (Å²) >= 11 is 0. The topological polar surface area (TPSA) is 94.8 Å². The molecule has 0 saturated heterocycles.